The number of nitrogens with one attached hydrogen (secondary N) is 4. The van der Waals surface area contributed by atoms with Gasteiger partial charge in [-0.3, -0.25) is 19.8 Å². The second-order valence-corrected chi connectivity index (χ2v) is 7.30. The number of carboxylic acid groups (broad SMARTS) is 1. The molecular formula is C20H29N5O4. The highest BCUT2D eigenvalue weighted by molar-refractivity contribution is 5.93. The number of hydrogen-bond acceptors (Lipinski definition) is 4. The second-order valence-electron chi connectivity index (χ2n) is 7.30. The lowest BCUT2D eigenvalue weighted by Crippen LogP contribution is -2.59. The molecule has 1 aliphatic carbocycles. The monoisotopic (exact) mass is 403 g/mol. The first-order chi connectivity index (χ1) is 13.8. The molecule has 0 aliphatic heterocycles. The van der Waals surface area contributed by atoms with Crippen molar-refractivity contribution in [2.75, 3.05) is 13.1 Å². The lowest BCUT2D eigenvalue weighted by atomic mass is 9.93. The number of carboxylic acids is 1. The van der Waals surface area contributed by atoms with Crippen LogP contribution < -0.4 is 21.7 Å². The Morgan fingerprint density at radius 3 is 2.14 bits per heavy atom. The quantitative estimate of drug-likeness (QED) is 0.177. The minimum absolute atomic E-state index is 0.0639. The fraction of sp³-hybridized carbons (Fsp3) is 0.500. The van der Waals surface area contributed by atoms with Crippen molar-refractivity contribution in [1.82, 2.24) is 16.0 Å². The SMILES string of the molecule is N=C(N)NCCCCNC(=O)C1(NC(=O)CCCC(=O)O)Cc2ccccc2C1. The van der Waals surface area contributed by atoms with Gasteiger partial charge in [0, 0.05) is 38.8 Å². The van der Waals surface area contributed by atoms with Gasteiger partial charge >= 0.3 is 5.97 Å². The summed E-state index contributed by atoms with van der Waals surface area (Å²) in [5.41, 5.74) is 6.22. The summed E-state index contributed by atoms with van der Waals surface area (Å²) in [5, 5.41) is 24.3. The normalized spacial score (nSPS) is 13.9. The zero-order valence-corrected chi connectivity index (χ0v) is 16.4. The Morgan fingerprint density at radius 1 is 1.00 bits per heavy atom. The van der Waals surface area contributed by atoms with Crippen LogP contribution in [0.2, 0.25) is 0 Å². The van der Waals surface area contributed by atoms with Crippen LogP contribution in [-0.4, -0.2) is 47.5 Å². The standard InChI is InChI=1S/C20H29N5O4/c21-19(22)24-11-4-3-10-23-18(29)20(25-16(26)8-5-9-17(27)28)12-14-6-1-2-7-15(14)13-20/h1-2,6-7H,3-5,8-13H2,(H,23,29)(H,25,26)(H,27,28)(H4,21,22,24). The molecule has 2 amide bonds. The highest BCUT2D eigenvalue weighted by atomic mass is 16.4. The van der Waals surface area contributed by atoms with E-state index in [1.54, 1.807) is 0 Å². The van der Waals surface area contributed by atoms with Gasteiger partial charge in [-0.25, -0.2) is 0 Å². The van der Waals surface area contributed by atoms with Gasteiger partial charge in [0.2, 0.25) is 11.8 Å². The second kappa shape index (κ2) is 10.4. The number of amides is 2. The summed E-state index contributed by atoms with van der Waals surface area (Å²) < 4.78 is 0. The van der Waals surface area contributed by atoms with Gasteiger partial charge in [0.25, 0.3) is 0 Å². The number of fused-ring (bicyclic) bond motifs is 1. The number of hydrogen-bond donors (Lipinski definition) is 6. The van der Waals surface area contributed by atoms with Crippen LogP contribution in [0.1, 0.15) is 43.2 Å². The molecule has 9 nitrogen and oxygen atoms in total. The lowest BCUT2D eigenvalue weighted by molar-refractivity contribution is -0.137. The molecule has 0 bridgehead atoms. The van der Waals surface area contributed by atoms with Gasteiger partial charge in [0.05, 0.1) is 0 Å². The van der Waals surface area contributed by atoms with E-state index in [1.807, 2.05) is 24.3 Å². The number of nitrogens with two attached hydrogens (primary N) is 1. The molecule has 29 heavy (non-hydrogen) atoms. The fourth-order valence-electron chi connectivity index (χ4n) is 3.49. The molecule has 9 heteroatoms. The van der Waals surface area contributed by atoms with Crippen LogP contribution in [0.25, 0.3) is 0 Å². The van der Waals surface area contributed by atoms with Crippen molar-refractivity contribution < 1.29 is 19.5 Å². The van der Waals surface area contributed by atoms with E-state index in [0.29, 0.717) is 32.4 Å². The van der Waals surface area contributed by atoms with Crippen LogP contribution in [-0.2, 0) is 27.2 Å². The molecule has 7 N–H and O–H groups in total. The van der Waals surface area contributed by atoms with Gasteiger partial charge < -0.3 is 26.8 Å². The number of carbonyl (C=O) groups excluding carboxylic acids is 2. The summed E-state index contributed by atoms with van der Waals surface area (Å²) in [6.45, 7) is 1.01. The molecular weight excluding hydrogens is 374 g/mol. The molecule has 0 saturated heterocycles. The summed E-state index contributed by atoms with van der Waals surface area (Å²) in [6, 6.07) is 7.72. The van der Waals surface area contributed by atoms with E-state index >= 15 is 0 Å². The van der Waals surface area contributed by atoms with E-state index < -0.39 is 11.5 Å². The lowest BCUT2D eigenvalue weighted by Gasteiger charge is -2.29. The number of aliphatic carboxylic acids is 1. The first kappa shape index (κ1) is 22.2. The third-order valence-corrected chi connectivity index (χ3v) is 4.92. The number of guanidine groups is 1. The minimum Gasteiger partial charge on any atom is -0.481 e. The van der Waals surface area contributed by atoms with E-state index in [2.05, 4.69) is 16.0 Å². The van der Waals surface area contributed by atoms with Crippen LogP contribution in [0.3, 0.4) is 0 Å². The van der Waals surface area contributed by atoms with E-state index in [-0.39, 0.29) is 37.0 Å². The molecule has 158 valence electrons. The zero-order chi connectivity index (χ0) is 21.3. The van der Waals surface area contributed by atoms with E-state index in [9.17, 15) is 14.4 Å². The minimum atomic E-state index is -1.05. The fourth-order valence-corrected chi connectivity index (χ4v) is 3.49. The average molecular weight is 403 g/mol. The predicted molar refractivity (Wildman–Crippen MR) is 108 cm³/mol. The van der Waals surface area contributed by atoms with E-state index in [1.165, 1.54) is 0 Å². The van der Waals surface area contributed by atoms with Crippen molar-refractivity contribution in [1.29, 1.82) is 5.41 Å². The third-order valence-electron chi connectivity index (χ3n) is 4.92. The molecule has 0 saturated carbocycles. The Kier molecular flexibility index (Phi) is 7.99. The van der Waals surface area contributed by atoms with Gasteiger partial charge in [-0.2, -0.15) is 0 Å². The summed E-state index contributed by atoms with van der Waals surface area (Å²) >= 11 is 0. The smallest absolute Gasteiger partial charge is 0.303 e. The maximum Gasteiger partial charge on any atom is 0.303 e. The van der Waals surface area contributed by atoms with E-state index in [4.69, 9.17) is 16.2 Å². The zero-order valence-electron chi connectivity index (χ0n) is 16.4. The topological polar surface area (TPSA) is 157 Å². The first-order valence-electron chi connectivity index (χ1n) is 9.78. The third kappa shape index (κ3) is 6.78. The summed E-state index contributed by atoms with van der Waals surface area (Å²) in [6.07, 6.45) is 2.48. The van der Waals surface area contributed by atoms with Crippen molar-refractivity contribution in [2.45, 2.75) is 50.5 Å². The maximum atomic E-state index is 13.0. The number of rotatable bonds is 11. The Balaban J connectivity index is 1.95. The van der Waals surface area contributed by atoms with Crippen LogP contribution in [0, 0.1) is 5.41 Å². The molecule has 0 unspecified atom stereocenters. The maximum absolute atomic E-state index is 13.0. The van der Waals surface area contributed by atoms with Crippen LogP contribution in [0.15, 0.2) is 24.3 Å². The van der Waals surface area contributed by atoms with Crippen LogP contribution >= 0.6 is 0 Å². The molecule has 0 atom stereocenters. The summed E-state index contributed by atoms with van der Waals surface area (Å²) in [7, 11) is 0. The highest BCUT2D eigenvalue weighted by Crippen LogP contribution is 2.30. The largest absolute Gasteiger partial charge is 0.481 e. The predicted octanol–water partition coefficient (Wildman–Crippen LogP) is 0.275. The Bertz CT molecular complexity index is 740. The molecule has 1 aromatic rings. The van der Waals surface area contributed by atoms with Crippen LogP contribution in [0.4, 0.5) is 0 Å². The summed E-state index contributed by atoms with van der Waals surface area (Å²) in [4.78, 5) is 36.1. The molecule has 0 fully saturated rings. The van der Waals surface area contributed by atoms with Gasteiger partial charge in [0.1, 0.15) is 5.54 Å². The molecule has 0 heterocycles. The molecule has 2 rings (SSSR count). The van der Waals surface area contributed by atoms with Gasteiger partial charge in [-0.1, -0.05) is 24.3 Å². The van der Waals surface area contributed by atoms with Crippen molar-refractivity contribution in [3.63, 3.8) is 0 Å². The molecule has 0 spiro atoms. The number of carbonyl (C=O) groups is 3. The average Bonchev–Trinajstić information content (AvgIpc) is 3.03. The number of unbranched alkanes of at least 4 members (excludes halogenated alkanes) is 1. The first-order valence-corrected chi connectivity index (χ1v) is 9.78. The Hall–Kier alpha value is -3.10. The molecule has 0 aromatic heterocycles. The van der Waals surface area contributed by atoms with Gasteiger partial charge in [-0.15, -0.1) is 0 Å². The van der Waals surface area contributed by atoms with Crippen molar-refractivity contribution in [3.05, 3.63) is 35.4 Å². The van der Waals surface area contributed by atoms with Crippen molar-refractivity contribution in [3.8, 4) is 0 Å². The molecule has 0 radical (unpaired) electrons. The molecule has 1 aliphatic rings. The highest BCUT2D eigenvalue weighted by Gasteiger charge is 2.44. The van der Waals surface area contributed by atoms with Gasteiger partial charge in [-0.05, 0) is 30.4 Å². The van der Waals surface area contributed by atoms with E-state index in [0.717, 1.165) is 17.5 Å². The number of benzene rings is 1. The van der Waals surface area contributed by atoms with Crippen molar-refractivity contribution >= 4 is 23.7 Å². The summed E-state index contributed by atoms with van der Waals surface area (Å²) in [5.74, 6) is -1.58. The Morgan fingerprint density at radius 2 is 1.59 bits per heavy atom. The molecule has 1 aromatic carbocycles. The van der Waals surface area contributed by atoms with Crippen LogP contribution in [0.5, 0.6) is 0 Å². The Labute approximate surface area is 169 Å². The van der Waals surface area contributed by atoms with Gasteiger partial charge in [0.15, 0.2) is 5.96 Å². The van der Waals surface area contributed by atoms with Crippen molar-refractivity contribution in [2.24, 2.45) is 5.73 Å².